The summed E-state index contributed by atoms with van der Waals surface area (Å²) in [6, 6.07) is 14.1. The Bertz CT molecular complexity index is 1670. The summed E-state index contributed by atoms with van der Waals surface area (Å²) >= 11 is 0. The van der Waals surface area contributed by atoms with Crippen LogP contribution < -0.4 is 10.2 Å². The van der Waals surface area contributed by atoms with Crippen LogP contribution in [-0.4, -0.2) is 47.2 Å². The monoisotopic (exact) mass is 512 g/mol. The molecule has 1 N–H and O–H groups in total. The maximum atomic E-state index is 13.7. The van der Waals surface area contributed by atoms with Gasteiger partial charge in [0, 0.05) is 37.6 Å². The fraction of sp³-hybridized carbons (Fsp3) is 0.222. The molecule has 0 spiro atoms. The van der Waals surface area contributed by atoms with Crippen LogP contribution in [0, 0.1) is 11.7 Å². The average molecular weight is 513 g/mol. The van der Waals surface area contributed by atoms with E-state index < -0.39 is 18.0 Å². The summed E-state index contributed by atoms with van der Waals surface area (Å²) in [5.41, 5.74) is 3.15. The number of carbonyl (C=O) groups is 2. The second-order valence-electron chi connectivity index (χ2n) is 9.51. The maximum Gasteiger partial charge on any atom is 0.272 e. The Morgan fingerprint density at radius 1 is 0.947 bits per heavy atom. The predicted octanol–water partition coefficient (Wildman–Crippen LogP) is 3.15. The number of amides is 2. The van der Waals surface area contributed by atoms with Gasteiger partial charge in [-0.1, -0.05) is 6.92 Å². The summed E-state index contributed by atoms with van der Waals surface area (Å²) < 4.78 is 18.4. The van der Waals surface area contributed by atoms with Crippen LogP contribution in [0.2, 0.25) is 0 Å². The van der Waals surface area contributed by atoms with Crippen LogP contribution in [0.3, 0.4) is 0 Å². The number of fused-ring (bicyclic) bond motifs is 1. The molecule has 10 nitrogen and oxygen atoms in total. The molecule has 0 saturated carbocycles. The van der Waals surface area contributed by atoms with Gasteiger partial charge in [0.15, 0.2) is 0 Å². The number of nitrogens with one attached hydrogen (secondary N) is 1. The van der Waals surface area contributed by atoms with E-state index in [4.69, 9.17) is 0 Å². The number of aryl methyl sites for hydroxylation is 2. The van der Waals surface area contributed by atoms with Crippen molar-refractivity contribution in [1.29, 1.82) is 0 Å². The lowest BCUT2D eigenvalue weighted by atomic mass is 9.97. The lowest BCUT2D eigenvalue weighted by Gasteiger charge is -2.27. The number of halogens is 1. The molecule has 3 aromatic heterocycles. The lowest BCUT2D eigenvalue weighted by molar-refractivity contribution is -0.120. The minimum absolute atomic E-state index is 0.128. The highest BCUT2D eigenvalue weighted by Gasteiger charge is 2.49. The zero-order valence-electron chi connectivity index (χ0n) is 21.0. The molecule has 6 rings (SSSR count). The summed E-state index contributed by atoms with van der Waals surface area (Å²) in [7, 11) is 3.55. The van der Waals surface area contributed by atoms with Crippen LogP contribution in [-0.2, 0) is 18.9 Å². The van der Waals surface area contributed by atoms with Crippen LogP contribution in [0.4, 0.5) is 10.1 Å². The van der Waals surface area contributed by atoms with Crippen molar-refractivity contribution < 1.29 is 14.0 Å². The second kappa shape index (κ2) is 8.94. The normalized spacial score (nSPS) is 19.4. The van der Waals surface area contributed by atoms with Gasteiger partial charge in [-0.3, -0.25) is 19.0 Å². The first-order valence-electron chi connectivity index (χ1n) is 12.2. The standard InChI is InChI=1S/C27H25FN8O2/c1-16-24(30-26(37)22-11-13-34(3)32-22)25(21-10-12-33(2)31-21)35(27(16)38)20-8-9-23-17(14-20)15-29-36(23)19-6-4-18(28)5-7-19/h4-16,24-25H,1-3H3,(H,30,37)/t16?,24-,25?/m0/s1. The zero-order valence-corrected chi connectivity index (χ0v) is 21.0. The Kier molecular flexibility index (Phi) is 5.55. The Balaban J connectivity index is 1.39. The molecule has 1 fully saturated rings. The van der Waals surface area contributed by atoms with E-state index in [2.05, 4.69) is 20.6 Å². The molecule has 192 valence electrons. The van der Waals surface area contributed by atoms with E-state index in [1.807, 2.05) is 44.4 Å². The first-order chi connectivity index (χ1) is 18.3. The Labute approximate surface area is 217 Å². The average Bonchev–Trinajstić information content (AvgIpc) is 3.68. The van der Waals surface area contributed by atoms with Crippen LogP contribution >= 0.6 is 0 Å². The van der Waals surface area contributed by atoms with E-state index in [1.54, 1.807) is 56.6 Å². The van der Waals surface area contributed by atoms with Crippen molar-refractivity contribution in [3.8, 4) is 5.69 Å². The van der Waals surface area contributed by atoms with Crippen molar-refractivity contribution in [2.24, 2.45) is 20.0 Å². The molecular weight excluding hydrogens is 487 g/mol. The summed E-state index contributed by atoms with van der Waals surface area (Å²) in [5, 5.41) is 17.1. The van der Waals surface area contributed by atoms with Gasteiger partial charge < -0.3 is 10.2 Å². The molecule has 2 unspecified atom stereocenters. The van der Waals surface area contributed by atoms with Gasteiger partial charge in [-0.05, 0) is 54.6 Å². The van der Waals surface area contributed by atoms with E-state index in [0.717, 1.165) is 16.6 Å². The molecule has 0 aliphatic carbocycles. The quantitative estimate of drug-likeness (QED) is 0.390. The second-order valence-corrected chi connectivity index (χ2v) is 9.51. The minimum atomic E-state index is -0.537. The van der Waals surface area contributed by atoms with E-state index >= 15 is 0 Å². The zero-order chi connectivity index (χ0) is 26.6. The number of carbonyl (C=O) groups excluding carboxylic acids is 2. The molecule has 1 aliphatic heterocycles. The molecular formula is C27H25FN8O2. The number of hydrogen-bond acceptors (Lipinski definition) is 5. The Morgan fingerprint density at radius 3 is 2.34 bits per heavy atom. The molecule has 11 heteroatoms. The molecule has 0 bridgehead atoms. The number of aromatic nitrogens is 6. The van der Waals surface area contributed by atoms with Crippen LogP contribution in [0.25, 0.3) is 16.6 Å². The fourth-order valence-electron chi connectivity index (χ4n) is 5.06. The van der Waals surface area contributed by atoms with Gasteiger partial charge in [-0.15, -0.1) is 0 Å². The van der Waals surface area contributed by atoms with Gasteiger partial charge in [0.2, 0.25) is 5.91 Å². The van der Waals surface area contributed by atoms with E-state index in [9.17, 15) is 14.0 Å². The van der Waals surface area contributed by atoms with Crippen LogP contribution in [0.1, 0.15) is 29.1 Å². The number of anilines is 1. The largest absolute Gasteiger partial charge is 0.345 e. The highest BCUT2D eigenvalue weighted by atomic mass is 19.1. The first-order valence-corrected chi connectivity index (χ1v) is 12.2. The Hall–Kier alpha value is -4.80. The number of benzene rings is 2. The van der Waals surface area contributed by atoms with Crippen molar-refractivity contribution in [1.82, 2.24) is 34.7 Å². The van der Waals surface area contributed by atoms with Crippen LogP contribution in [0.15, 0.2) is 73.2 Å². The van der Waals surface area contributed by atoms with Gasteiger partial charge in [0.1, 0.15) is 17.6 Å². The van der Waals surface area contributed by atoms with Gasteiger partial charge in [0.05, 0.1) is 35.1 Å². The number of rotatable bonds is 5. The molecule has 3 atom stereocenters. The summed E-state index contributed by atoms with van der Waals surface area (Å²) in [5.74, 6) is -1.31. The number of hydrogen-bond donors (Lipinski definition) is 1. The molecule has 1 aliphatic rings. The molecule has 4 heterocycles. The van der Waals surface area contributed by atoms with E-state index in [0.29, 0.717) is 11.4 Å². The minimum Gasteiger partial charge on any atom is -0.345 e. The van der Waals surface area contributed by atoms with Crippen molar-refractivity contribution in [3.05, 3.63) is 90.4 Å². The topological polar surface area (TPSA) is 103 Å². The van der Waals surface area contributed by atoms with Crippen molar-refractivity contribution in [2.45, 2.75) is 19.0 Å². The third kappa shape index (κ3) is 3.92. The smallest absolute Gasteiger partial charge is 0.272 e. The highest BCUT2D eigenvalue weighted by molar-refractivity contribution is 6.02. The molecule has 2 aromatic carbocycles. The molecule has 0 radical (unpaired) electrons. The van der Waals surface area contributed by atoms with Gasteiger partial charge in [0.25, 0.3) is 5.91 Å². The van der Waals surface area contributed by atoms with Gasteiger partial charge >= 0.3 is 0 Å². The Morgan fingerprint density at radius 2 is 1.66 bits per heavy atom. The maximum absolute atomic E-state index is 13.7. The molecule has 1 saturated heterocycles. The number of nitrogens with zero attached hydrogens (tertiary/aromatic N) is 7. The van der Waals surface area contributed by atoms with Crippen molar-refractivity contribution in [3.63, 3.8) is 0 Å². The predicted molar refractivity (Wildman–Crippen MR) is 138 cm³/mol. The fourth-order valence-corrected chi connectivity index (χ4v) is 5.06. The molecule has 38 heavy (non-hydrogen) atoms. The van der Waals surface area contributed by atoms with Crippen LogP contribution in [0.5, 0.6) is 0 Å². The first kappa shape index (κ1) is 23.6. The SMILES string of the molecule is CC1C(=O)N(c2ccc3c(cnn3-c3ccc(F)cc3)c2)C(c2ccn(C)n2)[C@H]1NC(=O)c1ccn(C)n1. The highest BCUT2D eigenvalue weighted by Crippen LogP contribution is 2.40. The van der Waals surface area contributed by atoms with Gasteiger partial charge in [-0.25, -0.2) is 9.07 Å². The molecule has 2 amide bonds. The third-order valence-electron chi connectivity index (χ3n) is 6.97. The summed E-state index contributed by atoms with van der Waals surface area (Å²) in [6.07, 6.45) is 5.22. The van der Waals surface area contributed by atoms with Gasteiger partial charge in [-0.2, -0.15) is 15.3 Å². The van der Waals surface area contributed by atoms with Crippen molar-refractivity contribution in [2.75, 3.05) is 4.90 Å². The van der Waals surface area contributed by atoms with E-state index in [-0.39, 0.29) is 23.3 Å². The van der Waals surface area contributed by atoms with Crippen molar-refractivity contribution >= 4 is 28.4 Å². The van der Waals surface area contributed by atoms with E-state index in [1.165, 1.54) is 12.1 Å². The third-order valence-corrected chi connectivity index (χ3v) is 6.97. The summed E-state index contributed by atoms with van der Waals surface area (Å²) in [6.45, 7) is 1.81. The summed E-state index contributed by atoms with van der Waals surface area (Å²) in [4.78, 5) is 28.4. The molecule has 5 aromatic rings. The lowest BCUT2D eigenvalue weighted by Crippen LogP contribution is -2.42.